The zero-order chi connectivity index (χ0) is 15.8. The molecule has 3 N–H and O–H groups in total. The molecule has 0 aliphatic heterocycles. The number of anilines is 1. The van der Waals surface area contributed by atoms with E-state index in [1.165, 1.54) is 11.3 Å². The van der Waals surface area contributed by atoms with Crippen LogP contribution in [0.5, 0.6) is 0 Å². The Morgan fingerprint density at radius 1 is 1.33 bits per heavy atom. The van der Waals surface area contributed by atoms with Crippen LogP contribution in [0.3, 0.4) is 0 Å². The topological polar surface area (TPSA) is 72.2 Å². The quantitative estimate of drug-likeness (QED) is 0.833. The normalized spacial score (nSPS) is 11.8. The maximum absolute atomic E-state index is 13.2. The van der Waals surface area contributed by atoms with Gasteiger partial charge >= 0.3 is 0 Å². The summed E-state index contributed by atoms with van der Waals surface area (Å²) in [4.78, 5) is 1.79. The molecule has 0 unspecified atom stereocenters. The number of nitrogens with one attached hydrogen (secondary N) is 1. The van der Waals surface area contributed by atoms with Crippen molar-refractivity contribution in [1.29, 1.82) is 0 Å². The van der Waals surface area contributed by atoms with Gasteiger partial charge in [-0.05, 0) is 37.6 Å². The first-order valence-electron chi connectivity index (χ1n) is 6.01. The fourth-order valence-corrected chi connectivity index (χ4v) is 4.37. The Morgan fingerprint density at radius 2 is 2.00 bits per heavy atom. The Kier molecular flexibility index (Phi) is 4.57. The van der Waals surface area contributed by atoms with Gasteiger partial charge in [0.05, 0.1) is 10.7 Å². The van der Waals surface area contributed by atoms with Gasteiger partial charge in [0.15, 0.2) is 0 Å². The highest BCUT2D eigenvalue weighted by Crippen LogP contribution is 2.27. The lowest BCUT2D eigenvalue weighted by atomic mass is 10.3. The number of rotatable bonds is 4. The van der Waals surface area contributed by atoms with Gasteiger partial charge in [0.1, 0.15) is 10.7 Å². The van der Waals surface area contributed by atoms with Crippen molar-refractivity contribution in [3.63, 3.8) is 0 Å². The smallest absolute Gasteiger partial charge is 0.242 e. The van der Waals surface area contributed by atoms with Crippen LogP contribution in [0.15, 0.2) is 23.1 Å². The summed E-state index contributed by atoms with van der Waals surface area (Å²) in [5.41, 5.74) is 6.24. The highest BCUT2D eigenvalue weighted by Gasteiger charge is 2.20. The first-order valence-corrected chi connectivity index (χ1v) is 8.68. The van der Waals surface area contributed by atoms with Crippen LogP contribution < -0.4 is 10.5 Å². The number of aryl methyl sites for hydroxylation is 2. The van der Waals surface area contributed by atoms with E-state index < -0.39 is 15.8 Å². The molecule has 1 aromatic carbocycles. The predicted molar refractivity (Wildman–Crippen MR) is 83.6 cm³/mol. The van der Waals surface area contributed by atoms with Crippen molar-refractivity contribution in [3.05, 3.63) is 44.4 Å². The maximum atomic E-state index is 13.2. The van der Waals surface area contributed by atoms with Gasteiger partial charge in [-0.25, -0.2) is 17.5 Å². The Hall–Kier alpha value is -1.15. The third kappa shape index (κ3) is 3.55. The van der Waals surface area contributed by atoms with Gasteiger partial charge in [-0.3, -0.25) is 0 Å². The standard InChI is InChI=1S/C13H14ClFN2O2S2/c1-7-3-9(20-8(7)2)6-17-21(18,19)13-5-12(16)11(15)4-10(13)14/h3-5,17H,6,16H2,1-2H3. The second-order valence-corrected chi connectivity index (χ2v) is 8.06. The van der Waals surface area contributed by atoms with Gasteiger partial charge in [0.2, 0.25) is 10.0 Å². The summed E-state index contributed by atoms with van der Waals surface area (Å²) in [7, 11) is -3.85. The van der Waals surface area contributed by atoms with Crippen LogP contribution in [0.4, 0.5) is 10.1 Å². The van der Waals surface area contributed by atoms with Crippen molar-refractivity contribution in [2.75, 3.05) is 5.73 Å². The van der Waals surface area contributed by atoms with Crippen molar-refractivity contribution < 1.29 is 12.8 Å². The molecule has 0 radical (unpaired) electrons. The van der Waals surface area contributed by atoms with Gasteiger partial charge in [0, 0.05) is 16.3 Å². The molecule has 0 bridgehead atoms. The highest BCUT2D eigenvalue weighted by molar-refractivity contribution is 7.89. The number of benzene rings is 1. The first kappa shape index (κ1) is 16.2. The molecule has 2 rings (SSSR count). The molecule has 0 amide bonds. The van der Waals surface area contributed by atoms with E-state index in [-0.39, 0.29) is 22.2 Å². The Labute approximate surface area is 131 Å². The zero-order valence-electron chi connectivity index (χ0n) is 11.4. The molecule has 0 aliphatic rings. The van der Waals surface area contributed by atoms with Crippen molar-refractivity contribution >= 4 is 38.6 Å². The Balaban J connectivity index is 2.24. The predicted octanol–water partition coefficient (Wildman–Crippen LogP) is 3.22. The Bertz CT molecular complexity index is 768. The van der Waals surface area contributed by atoms with Crippen LogP contribution in [-0.4, -0.2) is 8.42 Å². The van der Waals surface area contributed by atoms with Crippen molar-refractivity contribution in [3.8, 4) is 0 Å². The third-order valence-corrected chi connectivity index (χ3v) is 6.01. The molecule has 21 heavy (non-hydrogen) atoms. The van der Waals surface area contributed by atoms with Crippen LogP contribution in [-0.2, 0) is 16.6 Å². The van der Waals surface area contributed by atoms with Gasteiger partial charge in [-0.15, -0.1) is 11.3 Å². The summed E-state index contributed by atoms with van der Waals surface area (Å²) in [6.45, 7) is 4.08. The highest BCUT2D eigenvalue weighted by atomic mass is 35.5. The number of thiophene rings is 1. The largest absolute Gasteiger partial charge is 0.396 e. The van der Waals surface area contributed by atoms with Gasteiger partial charge in [0.25, 0.3) is 0 Å². The number of hydrogen-bond acceptors (Lipinski definition) is 4. The van der Waals surface area contributed by atoms with Crippen LogP contribution >= 0.6 is 22.9 Å². The lowest BCUT2D eigenvalue weighted by molar-refractivity contribution is 0.581. The fraction of sp³-hybridized carbons (Fsp3) is 0.231. The molecular formula is C13H14ClFN2O2S2. The number of nitrogen functional groups attached to an aromatic ring is 1. The minimum Gasteiger partial charge on any atom is -0.396 e. The lowest BCUT2D eigenvalue weighted by Gasteiger charge is -2.09. The summed E-state index contributed by atoms with van der Waals surface area (Å²) >= 11 is 7.30. The van der Waals surface area contributed by atoms with E-state index in [1.54, 1.807) is 0 Å². The van der Waals surface area contributed by atoms with E-state index in [2.05, 4.69) is 4.72 Å². The summed E-state index contributed by atoms with van der Waals surface area (Å²) < 4.78 is 40.1. The number of sulfonamides is 1. The molecule has 1 heterocycles. The molecular weight excluding hydrogens is 335 g/mol. The molecule has 4 nitrogen and oxygen atoms in total. The Morgan fingerprint density at radius 3 is 2.57 bits per heavy atom. The van der Waals surface area contributed by atoms with Gasteiger partial charge in [-0.1, -0.05) is 11.6 Å². The zero-order valence-corrected chi connectivity index (χ0v) is 13.8. The summed E-state index contributed by atoms with van der Waals surface area (Å²) in [6, 6.07) is 3.83. The summed E-state index contributed by atoms with van der Waals surface area (Å²) in [5, 5.41) is -0.201. The van der Waals surface area contributed by atoms with E-state index >= 15 is 0 Å². The van der Waals surface area contributed by atoms with Crippen molar-refractivity contribution in [2.24, 2.45) is 0 Å². The van der Waals surface area contributed by atoms with Crippen LogP contribution in [0.25, 0.3) is 0 Å². The van der Waals surface area contributed by atoms with Crippen LogP contribution in [0, 0.1) is 19.7 Å². The average Bonchev–Trinajstić information content (AvgIpc) is 2.71. The van der Waals surface area contributed by atoms with E-state index in [0.29, 0.717) is 0 Å². The van der Waals surface area contributed by atoms with E-state index in [0.717, 1.165) is 27.5 Å². The molecule has 8 heteroatoms. The molecule has 0 aliphatic carbocycles. The summed E-state index contributed by atoms with van der Waals surface area (Å²) in [5.74, 6) is -0.747. The second kappa shape index (κ2) is 5.92. The molecule has 0 saturated carbocycles. The minimum atomic E-state index is -3.85. The van der Waals surface area contributed by atoms with Crippen molar-refractivity contribution in [1.82, 2.24) is 4.72 Å². The fourth-order valence-electron chi connectivity index (χ4n) is 1.73. The van der Waals surface area contributed by atoms with Crippen LogP contribution in [0.2, 0.25) is 5.02 Å². The molecule has 114 valence electrons. The van der Waals surface area contributed by atoms with Gasteiger partial charge in [-0.2, -0.15) is 0 Å². The summed E-state index contributed by atoms with van der Waals surface area (Å²) in [6.07, 6.45) is 0. The van der Waals surface area contributed by atoms with E-state index in [9.17, 15) is 12.8 Å². The number of nitrogens with two attached hydrogens (primary N) is 1. The first-order chi connectivity index (χ1) is 9.70. The SMILES string of the molecule is Cc1cc(CNS(=O)(=O)c2cc(N)c(F)cc2Cl)sc1C. The average molecular weight is 349 g/mol. The van der Waals surface area contributed by atoms with Crippen molar-refractivity contribution in [2.45, 2.75) is 25.3 Å². The maximum Gasteiger partial charge on any atom is 0.242 e. The number of hydrogen-bond donors (Lipinski definition) is 2. The monoisotopic (exact) mass is 348 g/mol. The molecule has 0 fully saturated rings. The van der Waals surface area contributed by atoms with E-state index in [1.807, 2.05) is 19.9 Å². The minimum absolute atomic E-state index is 0.148. The molecule has 1 aromatic heterocycles. The lowest BCUT2D eigenvalue weighted by Crippen LogP contribution is -2.23. The molecule has 2 aromatic rings. The van der Waals surface area contributed by atoms with Crippen LogP contribution in [0.1, 0.15) is 15.3 Å². The van der Waals surface area contributed by atoms with Gasteiger partial charge < -0.3 is 5.73 Å². The molecule has 0 spiro atoms. The second-order valence-electron chi connectivity index (χ2n) is 4.58. The molecule has 0 saturated heterocycles. The molecule has 0 atom stereocenters. The van der Waals surface area contributed by atoms with E-state index in [4.69, 9.17) is 17.3 Å². The third-order valence-electron chi connectivity index (χ3n) is 2.99. The number of halogens is 2.